The van der Waals surface area contributed by atoms with Crippen molar-refractivity contribution in [2.24, 2.45) is 0 Å². The Balaban J connectivity index is 2.97. The standard InChI is InChI=1S/C16H17IN2O2/c1-4-7-21-15-6-5-12(9-14(15)17)8-13(10-18)16(20)19-11(2)3/h4-6,8-9,11H,1,7H2,2-3H3,(H,19,20)/b13-8+. The van der Waals surface area contributed by atoms with Gasteiger partial charge in [0.1, 0.15) is 24.0 Å². The van der Waals surface area contributed by atoms with Gasteiger partial charge in [-0.25, -0.2) is 0 Å². The number of ether oxygens (including phenoxy) is 1. The van der Waals surface area contributed by atoms with Crippen molar-refractivity contribution in [3.05, 3.63) is 45.6 Å². The number of hydrogen-bond donors (Lipinski definition) is 1. The SMILES string of the molecule is C=CCOc1ccc(/C=C(\C#N)C(=O)NC(C)C)cc1I. The number of amides is 1. The average molecular weight is 396 g/mol. The van der Waals surface area contributed by atoms with E-state index in [-0.39, 0.29) is 17.5 Å². The summed E-state index contributed by atoms with van der Waals surface area (Å²) >= 11 is 2.15. The fourth-order valence-electron chi connectivity index (χ4n) is 1.53. The van der Waals surface area contributed by atoms with E-state index in [0.717, 1.165) is 14.9 Å². The van der Waals surface area contributed by atoms with Crippen LogP contribution >= 0.6 is 22.6 Å². The topological polar surface area (TPSA) is 62.1 Å². The molecule has 0 aliphatic heterocycles. The van der Waals surface area contributed by atoms with Gasteiger partial charge in [0.05, 0.1) is 3.57 Å². The molecule has 1 aromatic rings. The van der Waals surface area contributed by atoms with Crippen molar-refractivity contribution in [3.63, 3.8) is 0 Å². The minimum Gasteiger partial charge on any atom is -0.488 e. The molecule has 0 unspecified atom stereocenters. The van der Waals surface area contributed by atoms with E-state index in [1.807, 2.05) is 32.0 Å². The molecule has 0 aromatic heterocycles. The summed E-state index contributed by atoms with van der Waals surface area (Å²) < 4.78 is 6.39. The summed E-state index contributed by atoms with van der Waals surface area (Å²) in [4.78, 5) is 11.8. The van der Waals surface area contributed by atoms with Crippen molar-refractivity contribution >= 4 is 34.6 Å². The molecular weight excluding hydrogens is 379 g/mol. The molecule has 0 saturated carbocycles. The summed E-state index contributed by atoms with van der Waals surface area (Å²) in [7, 11) is 0. The third kappa shape index (κ3) is 5.60. The van der Waals surface area contributed by atoms with E-state index in [2.05, 4.69) is 34.5 Å². The Labute approximate surface area is 138 Å². The van der Waals surface area contributed by atoms with Gasteiger partial charge < -0.3 is 10.1 Å². The fraction of sp³-hybridized carbons (Fsp3) is 0.250. The minimum atomic E-state index is -0.366. The van der Waals surface area contributed by atoms with Gasteiger partial charge in [-0.3, -0.25) is 4.79 Å². The van der Waals surface area contributed by atoms with Crippen molar-refractivity contribution in [3.8, 4) is 11.8 Å². The molecule has 0 bridgehead atoms. The second kappa shape index (κ2) is 8.47. The summed E-state index contributed by atoms with van der Waals surface area (Å²) in [6.45, 7) is 7.73. The molecule has 0 spiro atoms. The zero-order chi connectivity index (χ0) is 15.8. The molecule has 1 amide bonds. The molecule has 110 valence electrons. The molecule has 0 radical (unpaired) electrons. The van der Waals surface area contributed by atoms with Crippen LogP contribution in [0, 0.1) is 14.9 Å². The monoisotopic (exact) mass is 396 g/mol. The molecular formula is C16H17IN2O2. The molecule has 1 aromatic carbocycles. The van der Waals surface area contributed by atoms with Crippen molar-refractivity contribution in [1.29, 1.82) is 5.26 Å². The molecule has 0 atom stereocenters. The highest BCUT2D eigenvalue weighted by Gasteiger charge is 2.10. The average Bonchev–Trinajstić information content (AvgIpc) is 2.43. The Kier molecular flexibility index (Phi) is 6.96. The van der Waals surface area contributed by atoms with E-state index < -0.39 is 0 Å². The van der Waals surface area contributed by atoms with Crippen LogP contribution in [0.25, 0.3) is 6.08 Å². The maximum Gasteiger partial charge on any atom is 0.262 e. The smallest absolute Gasteiger partial charge is 0.262 e. The highest BCUT2D eigenvalue weighted by molar-refractivity contribution is 14.1. The van der Waals surface area contributed by atoms with Gasteiger partial charge in [0.2, 0.25) is 0 Å². The van der Waals surface area contributed by atoms with Crippen LogP contribution < -0.4 is 10.1 Å². The van der Waals surface area contributed by atoms with Gasteiger partial charge in [0, 0.05) is 6.04 Å². The van der Waals surface area contributed by atoms with Crippen LogP contribution in [0.3, 0.4) is 0 Å². The Morgan fingerprint density at radius 3 is 2.81 bits per heavy atom. The van der Waals surface area contributed by atoms with Gasteiger partial charge in [-0.1, -0.05) is 18.7 Å². The first-order chi connectivity index (χ1) is 9.97. The van der Waals surface area contributed by atoms with Crippen LogP contribution in [0.2, 0.25) is 0 Å². The molecule has 5 heteroatoms. The largest absolute Gasteiger partial charge is 0.488 e. The number of halogens is 1. The first kappa shape index (κ1) is 17.2. The first-order valence-corrected chi connectivity index (χ1v) is 7.51. The van der Waals surface area contributed by atoms with E-state index in [0.29, 0.717) is 6.61 Å². The maximum absolute atomic E-state index is 11.8. The molecule has 21 heavy (non-hydrogen) atoms. The Morgan fingerprint density at radius 2 is 2.29 bits per heavy atom. The van der Waals surface area contributed by atoms with E-state index in [1.54, 1.807) is 18.2 Å². The van der Waals surface area contributed by atoms with Crippen LogP contribution in [0.15, 0.2) is 36.4 Å². The van der Waals surface area contributed by atoms with Crippen molar-refractivity contribution in [2.75, 3.05) is 6.61 Å². The number of nitriles is 1. The summed E-state index contributed by atoms with van der Waals surface area (Å²) in [6, 6.07) is 7.39. The van der Waals surface area contributed by atoms with E-state index in [1.165, 1.54) is 0 Å². The van der Waals surface area contributed by atoms with Gasteiger partial charge in [-0.15, -0.1) is 0 Å². The quantitative estimate of drug-likeness (QED) is 0.348. The Hall–Kier alpha value is -1.81. The highest BCUT2D eigenvalue weighted by atomic mass is 127. The van der Waals surface area contributed by atoms with Crippen LogP contribution in [0.5, 0.6) is 5.75 Å². The normalized spacial score (nSPS) is 10.9. The molecule has 0 aliphatic rings. The number of nitrogens with one attached hydrogen (secondary N) is 1. The van der Waals surface area contributed by atoms with Gasteiger partial charge >= 0.3 is 0 Å². The van der Waals surface area contributed by atoms with Gasteiger partial charge in [0.15, 0.2) is 0 Å². The number of hydrogen-bond acceptors (Lipinski definition) is 3. The fourth-order valence-corrected chi connectivity index (χ4v) is 2.22. The van der Waals surface area contributed by atoms with Gasteiger partial charge in [0.25, 0.3) is 5.91 Å². The predicted octanol–water partition coefficient (Wildman–Crippen LogP) is 3.29. The molecule has 0 saturated heterocycles. The lowest BCUT2D eigenvalue weighted by molar-refractivity contribution is -0.117. The van der Waals surface area contributed by atoms with Crippen molar-refractivity contribution in [1.82, 2.24) is 5.32 Å². The highest BCUT2D eigenvalue weighted by Crippen LogP contribution is 2.23. The third-order valence-electron chi connectivity index (χ3n) is 2.41. The Bertz CT molecular complexity index is 601. The lowest BCUT2D eigenvalue weighted by Crippen LogP contribution is -2.30. The lowest BCUT2D eigenvalue weighted by atomic mass is 10.1. The number of rotatable bonds is 6. The van der Waals surface area contributed by atoms with Crippen LogP contribution in [-0.2, 0) is 4.79 Å². The predicted molar refractivity (Wildman–Crippen MR) is 91.7 cm³/mol. The second-order valence-corrected chi connectivity index (χ2v) is 5.75. The van der Waals surface area contributed by atoms with E-state index in [4.69, 9.17) is 10.00 Å². The molecule has 1 N–H and O–H groups in total. The molecule has 0 heterocycles. The van der Waals surface area contributed by atoms with E-state index in [9.17, 15) is 4.79 Å². The van der Waals surface area contributed by atoms with Gasteiger partial charge in [-0.2, -0.15) is 5.26 Å². The van der Waals surface area contributed by atoms with Crippen molar-refractivity contribution in [2.45, 2.75) is 19.9 Å². The summed E-state index contributed by atoms with van der Waals surface area (Å²) in [5, 5.41) is 11.8. The molecule has 0 aliphatic carbocycles. The van der Waals surface area contributed by atoms with Crippen LogP contribution in [-0.4, -0.2) is 18.6 Å². The number of carbonyl (C=O) groups is 1. The minimum absolute atomic E-state index is 0.0101. The van der Waals surface area contributed by atoms with Crippen molar-refractivity contribution < 1.29 is 9.53 Å². The first-order valence-electron chi connectivity index (χ1n) is 6.43. The zero-order valence-electron chi connectivity index (χ0n) is 12.0. The second-order valence-electron chi connectivity index (χ2n) is 4.59. The number of benzene rings is 1. The summed E-state index contributed by atoms with van der Waals surface area (Å²) in [5.41, 5.74) is 0.861. The number of nitrogens with zero attached hydrogens (tertiary/aromatic N) is 1. The summed E-state index contributed by atoms with van der Waals surface area (Å²) in [5.74, 6) is 0.382. The molecule has 4 nitrogen and oxygen atoms in total. The van der Waals surface area contributed by atoms with Crippen LogP contribution in [0.1, 0.15) is 19.4 Å². The maximum atomic E-state index is 11.8. The molecule has 1 rings (SSSR count). The lowest BCUT2D eigenvalue weighted by Gasteiger charge is -2.08. The number of carbonyl (C=O) groups excluding carboxylic acids is 1. The van der Waals surface area contributed by atoms with Crippen LogP contribution in [0.4, 0.5) is 0 Å². The van der Waals surface area contributed by atoms with Gasteiger partial charge in [-0.05, 0) is 60.2 Å². The Morgan fingerprint density at radius 1 is 1.57 bits per heavy atom. The van der Waals surface area contributed by atoms with E-state index >= 15 is 0 Å². The zero-order valence-corrected chi connectivity index (χ0v) is 14.2. The molecule has 0 fully saturated rings. The summed E-state index contributed by atoms with van der Waals surface area (Å²) in [6.07, 6.45) is 3.24. The third-order valence-corrected chi connectivity index (χ3v) is 3.25.